The fraction of sp³-hybridized carbons (Fsp3) is 0.722. The molecule has 0 spiro atoms. The number of benzene rings is 1. The molecule has 10 nitrogen and oxygen atoms in total. The fourth-order valence-electron chi connectivity index (χ4n) is 7.40. The zero-order valence-corrected chi connectivity index (χ0v) is 29.3. The smallest absolute Gasteiger partial charge is 0.245 e. The van der Waals surface area contributed by atoms with Gasteiger partial charge in [-0.15, -0.1) is 0 Å². The minimum atomic E-state index is -0.669. The van der Waals surface area contributed by atoms with Crippen LogP contribution < -0.4 is 10.6 Å². The maximum absolute atomic E-state index is 14.2. The van der Waals surface area contributed by atoms with Crippen molar-refractivity contribution in [1.29, 1.82) is 0 Å². The normalized spacial score (nSPS) is 24.1. The van der Waals surface area contributed by atoms with E-state index in [2.05, 4.69) is 34.3 Å². The Hall–Kier alpha value is -2.98. The van der Waals surface area contributed by atoms with Gasteiger partial charge in [0.25, 0.3) is 0 Å². The Kier molecular flexibility index (Phi) is 12.3. The third-order valence-electron chi connectivity index (χ3n) is 10.3. The second-order valence-corrected chi connectivity index (χ2v) is 15.1. The van der Waals surface area contributed by atoms with Gasteiger partial charge in [0.1, 0.15) is 12.1 Å². The second kappa shape index (κ2) is 15.7. The number of rotatable bonds is 11. The van der Waals surface area contributed by atoms with Crippen LogP contribution >= 0.6 is 0 Å². The van der Waals surface area contributed by atoms with E-state index in [1.165, 1.54) is 0 Å². The molecule has 0 aromatic heterocycles. The quantitative estimate of drug-likeness (QED) is 0.386. The van der Waals surface area contributed by atoms with Crippen molar-refractivity contribution in [3.63, 3.8) is 0 Å². The minimum Gasteiger partial charge on any atom is -0.350 e. The third kappa shape index (κ3) is 8.68. The van der Waals surface area contributed by atoms with Crippen LogP contribution in [0.15, 0.2) is 30.3 Å². The summed E-state index contributed by atoms with van der Waals surface area (Å²) < 4.78 is 0. The first kappa shape index (κ1) is 35.9. The summed E-state index contributed by atoms with van der Waals surface area (Å²) in [7, 11) is 3.82. The lowest BCUT2D eigenvalue weighted by Crippen LogP contribution is -2.61. The minimum absolute atomic E-state index is 0.0165. The Morgan fingerprint density at radius 2 is 1.52 bits per heavy atom. The molecule has 256 valence electrons. The van der Waals surface area contributed by atoms with E-state index >= 15 is 0 Å². The van der Waals surface area contributed by atoms with Crippen molar-refractivity contribution in [3.8, 4) is 0 Å². The molecule has 2 N–H and O–H groups in total. The third-order valence-corrected chi connectivity index (χ3v) is 10.3. The molecular formula is C36H58N6O4. The first-order valence-corrected chi connectivity index (χ1v) is 17.4. The standard InChI is InChI=1S/C36H58N6O4/c1-25(2)30(40(7)35(46)31(36(3,4)5)38-33(44)27-17-11-12-20-39(27)6)24-41-21-13-19-29(41)34(45)42-22-14-18-28(42)32(43)37-23-26-15-9-8-10-16-26/h8-10,15-16,25,27-31H,11-14,17-24H2,1-7H3,(H,37,43)(H,38,44)/t27-,28?,29+,30-,31?/m1/s1. The summed E-state index contributed by atoms with van der Waals surface area (Å²) in [5, 5.41) is 6.18. The molecule has 10 heteroatoms. The monoisotopic (exact) mass is 638 g/mol. The molecule has 2 unspecified atom stereocenters. The average Bonchev–Trinajstić information content (AvgIpc) is 3.70. The van der Waals surface area contributed by atoms with Crippen LogP contribution in [0, 0.1) is 11.3 Å². The number of nitrogens with one attached hydrogen (secondary N) is 2. The fourth-order valence-corrected chi connectivity index (χ4v) is 7.40. The molecule has 0 aliphatic carbocycles. The van der Waals surface area contributed by atoms with Crippen molar-refractivity contribution >= 4 is 23.6 Å². The highest BCUT2D eigenvalue weighted by Gasteiger charge is 2.43. The van der Waals surface area contributed by atoms with E-state index in [9.17, 15) is 19.2 Å². The summed E-state index contributed by atoms with van der Waals surface area (Å²) in [6.45, 7) is 13.4. The molecule has 0 radical (unpaired) electrons. The van der Waals surface area contributed by atoms with Crippen LogP contribution in [0.5, 0.6) is 0 Å². The van der Waals surface area contributed by atoms with Crippen molar-refractivity contribution in [2.45, 2.75) is 116 Å². The van der Waals surface area contributed by atoms with E-state index in [1.807, 2.05) is 65.2 Å². The van der Waals surface area contributed by atoms with Gasteiger partial charge in [0, 0.05) is 32.7 Å². The van der Waals surface area contributed by atoms with Crippen molar-refractivity contribution in [1.82, 2.24) is 30.2 Å². The number of amides is 4. The van der Waals surface area contributed by atoms with E-state index in [4.69, 9.17) is 0 Å². The van der Waals surface area contributed by atoms with Gasteiger partial charge < -0.3 is 20.4 Å². The molecule has 0 bridgehead atoms. The number of likely N-dealkylation sites (N-methyl/N-ethyl adjacent to an activating group) is 2. The maximum Gasteiger partial charge on any atom is 0.245 e. The zero-order chi connectivity index (χ0) is 33.6. The molecule has 46 heavy (non-hydrogen) atoms. The molecule has 4 rings (SSSR count). The van der Waals surface area contributed by atoms with Crippen molar-refractivity contribution in [3.05, 3.63) is 35.9 Å². The van der Waals surface area contributed by atoms with Gasteiger partial charge in [-0.3, -0.25) is 29.0 Å². The lowest BCUT2D eigenvalue weighted by molar-refractivity contribution is -0.144. The molecule has 3 heterocycles. The first-order chi connectivity index (χ1) is 21.8. The molecule has 1 aromatic carbocycles. The SMILES string of the molecule is CC(C)[C@@H](CN1CCC[C@H]1C(=O)N1CCCC1C(=O)NCc1ccccc1)N(C)C(=O)C(NC(=O)[C@H]1CCCCN1C)C(C)(C)C. The van der Waals surface area contributed by atoms with Crippen molar-refractivity contribution < 1.29 is 19.2 Å². The van der Waals surface area contributed by atoms with Gasteiger partial charge >= 0.3 is 0 Å². The molecule has 1 aromatic rings. The maximum atomic E-state index is 14.2. The molecule has 3 aliphatic heterocycles. The summed E-state index contributed by atoms with van der Waals surface area (Å²) in [5.74, 6) is -0.130. The van der Waals surface area contributed by atoms with Crippen LogP contribution in [0.2, 0.25) is 0 Å². The average molecular weight is 639 g/mol. The summed E-state index contributed by atoms with van der Waals surface area (Å²) in [4.78, 5) is 62.7. The molecule has 3 aliphatic rings. The van der Waals surface area contributed by atoms with Crippen LogP contribution in [0.1, 0.15) is 85.1 Å². The Labute approximate surface area is 276 Å². The molecule has 5 atom stereocenters. The molecule has 4 amide bonds. The topological polar surface area (TPSA) is 105 Å². The largest absolute Gasteiger partial charge is 0.350 e. The highest BCUT2D eigenvalue weighted by atomic mass is 16.2. The summed E-state index contributed by atoms with van der Waals surface area (Å²) in [5.41, 5.74) is 0.551. The predicted molar refractivity (Wildman–Crippen MR) is 181 cm³/mol. The van der Waals surface area contributed by atoms with E-state index in [-0.39, 0.29) is 47.7 Å². The van der Waals surface area contributed by atoms with E-state index in [1.54, 1.807) is 9.80 Å². The number of hydrogen-bond acceptors (Lipinski definition) is 6. The highest BCUT2D eigenvalue weighted by molar-refractivity contribution is 5.91. The lowest BCUT2D eigenvalue weighted by atomic mass is 9.84. The molecule has 3 saturated heterocycles. The first-order valence-electron chi connectivity index (χ1n) is 17.4. The zero-order valence-electron chi connectivity index (χ0n) is 29.3. The number of nitrogens with zero attached hydrogens (tertiary/aromatic N) is 4. The van der Waals surface area contributed by atoms with Crippen LogP contribution in [0.4, 0.5) is 0 Å². The predicted octanol–water partition coefficient (Wildman–Crippen LogP) is 3.26. The van der Waals surface area contributed by atoms with Gasteiger partial charge in [0.05, 0.1) is 12.1 Å². The highest BCUT2D eigenvalue weighted by Crippen LogP contribution is 2.28. The van der Waals surface area contributed by atoms with Gasteiger partial charge in [-0.25, -0.2) is 0 Å². The number of carbonyl (C=O) groups is 4. The van der Waals surface area contributed by atoms with Gasteiger partial charge in [0.15, 0.2) is 0 Å². The van der Waals surface area contributed by atoms with Crippen LogP contribution in [-0.2, 0) is 25.7 Å². The number of carbonyl (C=O) groups excluding carboxylic acids is 4. The number of hydrogen-bond donors (Lipinski definition) is 2. The number of likely N-dealkylation sites (tertiary alicyclic amines) is 3. The van der Waals surface area contributed by atoms with Crippen molar-refractivity contribution in [2.24, 2.45) is 11.3 Å². The van der Waals surface area contributed by atoms with Crippen LogP contribution in [-0.4, -0.2) is 114 Å². The molecule has 0 saturated carbocycles. The summed E-state index contributed by atoms with van der Waals surface area (Å²) >= 11 is 0. The van der Waals surface area contributed by atoms with Crippen molar-refractivity contribution in [2.75, 3.05) is 40.3 Å². The van der Waals surface area contributed by atoms with E-state index < -0.39 is 17.5 Å². The Morgan fingerprint density at radius 3 is 2.17 bits per heavy atom. The van der Waals surface area contributed by atoms with E-state index in [0.717, 1.165) is 57.2 Å². The van der Waals surface area contributed by atoms with Gasteiger partial charge in [-0.05, 0) is 75.6 Å². The van der Waals surface area contributed by atoms with Gasteiger partial charge in [0.2, 0.25) is 23.6 Å². The molecule has 3 fully saturated rings. The lowest BCUT2D eigenvalue weighted by Gasteiger charge is -2.41. The van der Waals surface area contributed by atoms with Gasteiger partial charge in [-0.2, -0.15) is 0 Å². The molecular weight excluding hydrogens is 580 g/mol. The Morgan fingerprint density at radius 1 is 0.870 bits per heavy atom. The summed E-state index contributed by atoms with van der Waals surface area (Å²) in [6.07, 6.45) is 6.01. The Bertz CT molecular complexity index is 1200. The second-order valence-electron chi connectivity index (χ2n) is 15.1. The number of piperidine rings is 1. The van der Waals surface area contributed by atoms with E-state index in [0.29, 0.717) is 26.1 Å². The van der Waals surface area contributed by atoms with Crippen LogP contribution in [0.25, 0.3) is 0 Å². The van der Waals surface area contributed by atoms with Gasteiger partial charge in [-0.1, -0.05) is 71.4 Å². The summed E-state index contributed by atoms with van der Waals surface area (Å²) in [6, 6.07) is 8.01. The Balaban J connectivity index is 1.42. The van der Waals surface area contributed by atoms with Crippen LogP contribution in [0.3, 0.4) is 0 Å².